The van der Waals surface area contributed by atoms with Gasteiger partial charge < -0.3 is 4.90 Å². The number of amides is 1. The highest BCUT2D eigenvalue weighted by atomic mass is 32.2. The van der Waals surface area contributed by atoms with Crippen LogP contribution in [0, 0.1) is 0 Å². The van der Waals surface area contributed by atoms with Gasteiger partial charge in [0.2, 0.25) is 5.91 Å². The van der Waals surface area contributed by atoms with E-state index in [9.17, 15) is 13.2 Å². The third kappa shape index (κ3) is 4.86. The lowest BCUT2D eigenvalue weighted by Crippen LogP contribution is -2.37. The summed E-state index contributed by atoms with van der Waals surface area (Å²) >= 11 is 0. The van der Waals surface area contributed by atoms with Crippen LogP contribution in [0.3, 0.4) is 0 Å². The predicted molar refractivity (Wildman–Crippen MR) is 91.1 cm³/mol. The molecule has 0 aliphatic rings. The summed E-state index contributed by atoms with van der Waals surface area (Å²) in [6.07, 6.45) is 5.39. The number of hydrogen-bond acceptors (Lipinski definition) is 5. The molecule has 0 bridgehead atoms. The number of rotatable bonds is 7. The van der Waals surface area contributed by atoms with Gasteiger partial charge in [0.1, 0.15) is 0 Å². The van der Waals surface area contributed by atoms with Crippen molar-refractivity contribution in [2.45, 2.75) is 30.7 Å². The summed E-state index contributed by atoms with van der Waals surface area (Å²) in [7, 11) is -1.76. The maximum absolute atomic E-state index is 12.3. The van der Waals surface area contributed by atoms with E-state index < -0.39 is 9.84 Å². The van der Waals surface area contributed by atoms with Crippen molar-refractivity contribution in [3.05, 3.63) is 54.6 Å². The Labute approximate surface area is 142 Å². The molecule has 1 aromatic carbocycles. The molecule has 0 fully saturated rings. The monoisotopic (exact) mass is 347 g/mol. The molecule has 6 nitrogen and oxygen atoms in total. The van der Waals surface area contributed by atoms with Crippen LogP contribution in [0.4, 0.5) is 0 Å². The summed E-state index contributed by atoms with van der Waals surface area (Å²) in [5.41, 5.74) is 0.793. The van der Waals surface area contributed by atoms with Gasteiger partial charge in [0.15, 0.2) is 9.84 Å². The van der Waals surface area contributed by atoms with E-state index in [0.717, 1.165) is 5.69 Å². The van der Waals surface area contributed by atoms with Gasteiger partial charge in [-0.2, -0.15) is 0 Å². The van der Waals surface area contributed by atoms with Crippen molar-refractivity contribution < 1.29 is 13.2 Å². The molecule has 1 heterocycles. The zero-order chi connectivity index (χ0) is 17.6. The van der Waals surface area contributed by atoms with Crippen LogP contribution < -0.4 is 0 Å². The van der Waals surface area contributed by atoms with Crippen molar-refractivity contribution in [3.63, 3.8) is 0 Å². The van der Waals surface area contributed by atoms with Gasteiger partial charge in [-0.25, -0.2) is 8.42 Å². The SMILES string of the molecule is CC(Cc1cnccn1)N(C)C(=O)CCS(=O)(=O)c1ccccc1. The minimum atomic E-state index is -3.44. The van der Waals surface area contributed by atoms with E-state index in [-0.39, 0.29) is 29.0 Å². The first-order chi connectivity index (χ1) is 11.4. The molecule has 0 spiro atoms. The van der Waals surface area contributed by atoms with Crippen molar-refractivity contribution in [2.24, 2.45) is 0 Å². The third-order valence-corrected chi connectivity index (χ3v) is 5.59. The molecule has 1 atom stereocenters. The number of likely N-dealkylation sites (N-methyl/N-ethyl adjacent to an activating group) is 1. The summed E-state index contributed by atoms with van der Waals surface area (Å²) in [5.74, 6) is -0.399. The molecule has 0 aliphatic carbocycles. The average molecular weight is 347 g/mol. The first-order valence-electron chi connectivity index (χ1n) is 7.68. The van der Waals surface area contributed by atoms with E-state index >= 15 is 0 Å². The highest BCUT2D eigenvalue weighted by Gasteiger charge is 2.21. The summed E-state index contributed by atoms with van der Waals surface area (Å²) in [6.45, 7) is 1.90. The number of sulfone groups is 1. The summed E-state index contributed by atoms with van der Waals surface area (Å²) in [6, 6.07) is 8.09. The second-order valence-electron chi connectivity index (χ2n) is 5.64. The Hall–Kier alpha value is -2.28. The van der Waals surface area contributed by atoms with Gasteiger partial charge in [0.05, 0.1) is 16.3 Å². The van der Waals surface area contributed by atoms with E-state index in [4.69, 9.17) is 0 Å². The van der Waals surface area contributed by atoms with Gasteiger partial charge in [-0.3, -0.25) is 14.8 Å². The Balaban J connectivity index is 1.92. The summed E-state index contributed by atoms with van der Waals surface area (Å²) < 4.78 is 24.5. The van der Waals surface area contributed by atoms with Crippen molar-refractivity contribution in [1.82, 2.24) is 14.9 Å². The quantitative estimate of drug-likeness (QED) is 0.762. The smallest absolute Gasteiger partial charge is 0.223 e. The molecule has 0 saturated heterocycles. The molecule has 1 aromatic heterocycles. The lowest BCUT2D eigenvalue weighted by atomic mass is 10.1. The van der Waals surface area contributed by atoms with Gasteiger partial charge in [-0.1, -0.05) is 18.2 Å². The minimum Gasteiger partial charge on any atom is -0.343 e. The predicted octanol–water partition coefficient (Wildman–Crippen LogP) is 1.73. The molecule has 1 amide bonds. The molecule has 24 heavy (non-hydrogen) atoms. The Morgan fingerprint density at radius 3 is 2.54 bits per heavy atom. The van der Waals surface area contributed by atoms with E-state index in [1.54, 1.807) is 60.9 Å². The van der Waals surface area contributed by atoms with E-state index in [0.29, 0.717) is 6.42 Å². The molecule has 128 valence electrons. The van der Waals surface area contributed by atoms with Crippen LogP contribution >= 0.6 is 0 Å². The van der Waals surface area contributed by atoms with Gasteiger partial charge in [0, 0.05) is 44.5 Å². The molecule has 1 unspecified atom stereocenters. The number of carbonyl (C=O) groups is 1. The molecule has 0 aliphatic heterocycles. The van der Waals surface area contributed by atoms with Crippen LogP contribution in [0.15, 0.2) is 53.8 Å². The topological polar surface area (TPSA) is 80.2 Å². The lowest BCUT2D eigenvalue weighted by Gasteiger charge is -2.24. The standard InChI is InChI=1S/C17H21N3O3S/c1-14(12-15-13-18-9-10-19-15)20(2)17(21)8-11-24(22,23)16-6-4-3-5-7-16/h3-7,9-10,13-14H,8,11-12H2,1-2H3. The second-order valence-corrected chi connectivity index (χ2v) is 7.75. The first-order valence-corrected chi connectivity index (χ1v) is 9.34. The highest BCUT2D eigenvalue weighted by molar-refractivity contribution is 7.91. The Kier molecular flexibility index (Phi) is 6.03. The normalized spacial score (nSPS) is 12.6. The van der Waals surface area contributed by atoms with Crippen molar-refractivity contribution in [3.8, 4) is 0 Å². The van der Waals surface area contributed by atoms with Crippen LogP contribution in [-0.2, 0) is 21.1 Å². The molecule has 2 aromatic rings. The maximum atomic E-state index is 12.3. The van der Waals surface area contributed by atoms with Crippen molar-refractivity contribution in [1.29, 1.82) is 0 Å². The van der Waals surface area contributed by atoms with Crippen molar-refractivity contribution >= 4 is 15.7 Å². The number of carbonyl (C=O) groups excluding carboxylic acids is 1. The van der Waals surface area contributed by atoms with Crippen LogP contribution in [0.2, 0.25) is 0 Å². The van der Waals surface area contributed by atoms with E-state index in [1.165, 1.54) is 0 Å². The van der Waals surface area contributed by atoms with Crippen LogP contribution in [0.5, 0.6) is 0 Å². The summed E-state index contributed by atoms with van der Waals surface area (Å²) in [4.78, 5) is 22.3. The van der Waals surface area contributed by atoms with Crippen LogP contribution in [-0.4, -0.2) is 48.0 Å². The zero-order valence-corrected chi connectivity index (χ0v) is 14.6. The molecule has 0 radical (unpaired) electrons. The maximum Gasteiger partial charge on any atom is 0.223 e. The lowest BCUT2D eigenvalue weighted by molar-refractivity contribution is -0.131. The Bertz CT molecular complexity index is 764. The van der Waals surface area contributed by atoms with E-state index in [1.807, 2.05) is 6.92 Å². The number of benzene rings is 1. The number of nitrogens with zero attached hydrogens (tertiary/aromatic N) is 3. The largest absolute Gasteiger partial charge is 0.343 e. The van der Waals surface area contributed by atoms with Crippen LogP contribution in [0.1, 0.15) is 19.0 Å². The third-order valence-electron chi connectivity index (χ3n) is 3.86. The Morgan fingerprint density at radius 2 is 1.92 bits per heavy atom. The molecule has 0 saturated carbocycles. The first kappa shape index (κ1) is 18.1. The average Bonchev–Trinajstić information content (AvgIpc) is 2.60. The molecule has 2 rings (SSSR count). The second kappa shape index (κ2) is 8.01. The van der Waals surface area contributed by atoms with Gasteiger partial charge >= 0.3 is 0 Å². The summed E-state index contributed by atoms with van der Waals surface area (Å²) in [5, 5.41) is 0. The van der Waals surface area contributed by atoms with Crippen molar-refractivity contribution in [2.75, 3.05) is 12.8 Å². The molecule has 7 heteroatoms. The van der Waals surface area contributed by atoms with Gasteiger partial charge in [0.25, 0.3) is 0 Å². The fourth-order valence-electron chi connectivity index (χ4n) is 2.26. The molecular formula is C17H21N3O3S. The molecular weight excluding hydrogens is 326 g/mol. The Morgan fingerprint density at radius 1 is 1.21 bits per heavy atom. The van der Waals surface area contributed by atoms with E-state index in [2.05, 4.69) is 9.97 Å². The zero-order valence-electron chi connectivity index (χ0n) is 13.8. The number of aromatic nitrogens is 2. The van der Waals surface area contributed by atoms with Gasteiger partial charge in [-0.05, 0) is 19.1 Å². The van der Waals surface area contributed by atoms with Gasteiger partial charge in [-0.15, -0.1) is 0 Å². The fraction of sp³-hybridized carbons (Fsp3) is 0.353. The highest BCUT2D eigenvalue weighted by Crippen LogP contribution is 2.12. The minimum absolute atomic E-state index is 0.0431. The number of hydrogen-bond donors (Lipinski definition) is 0. The van der Waals surface area contributed by atoms with Crippen LogP contribution in [0.25, 0.3) is 0 Å². The fourth-order valence-corrected chi connectivity index (χ4v) is 3.52. The molecule has 0 N–H and O–H groups in total.